The van der Waals surface area contributed by atoms with Gasteiger partial charge in [0.25, 0.3) is 0 Å². The quantitative estimate of drug-likeness (QED) is 0.602. The average molecular weight is 444 g/mol. The number of methoxy groups -OCH3 is 1. The van der Waals surface area contributed by atoms with Crippen molar-refractivity contribution >= 4 is 11.9 Å². The van der Waals surface area contributed by atoms with Gasteiger partial charge >= 0.3 is 5.97 Å². The Labute approximate surface area is 187 Å². The van der Waals surface area contributed by atoms with Crippen LogP contribution in [-0.4, -0.2) is 47.8 Å². The lowest BCUT2D eigenvalue weighted by Gasteiger charge is -2.32. The second-order valence-corrected chi connectivity index (χ2v) is 8.82. The minimum absolute atomic E-state index is 0.175. The number of nitrogens with zero attached hydrogens (tertiary/aromatic N) is 3. The lowest BCUT2D eigenvalue weighted by molar-refractivity contribution is -0.136. The molecule has 4 rings (SSSR count). The molecule has 2 aliphatic rings. The molecule has 1 aromatic carbocycles. The van der Waals surface area contributed by atoms with Crippen molar-refractivity contribution in [1.82, 2.24) is 9.97 Å². The second-order valence-electron chi connectivity index (χ2n) is 8.82. The Bertz CT molecular complexity index is 916. The molecule has 2 fully saturated rings. The minimum atomic E-state index is -0.966. The van der Waals surface area contributed by atoms with Crippen LogP contribution in [0.2, 0.25) is 0 Å². The molecule has 1 aliphatic carbocycles. The summed E-state index contributed by atoms with van der Waals surface area (Å²) in [5.41, 5.74) is 1.91. The van der Waals surface area contributed by atoms with Gasteiger partial charge in [-0.05, 0) is 48.6 Å². The molecule has 1 N–H and O–H groups in total. The van der Waals surface area contributed by atoms with Gasteiger partial charge in [0, 0.05) is 43.7 Å². The van der Waals surface area contributed by atoms with Crippen molar-refractivity contribution in [2.24, 2.45) is 17.8 Å². The van der Waals surface area contributed by atoms with E-state index in [0.29, 0.717) is 42.1 Å². The van der Waals surface area contributed by atoms with E-state index in [4.69, 9.17) is 14.6 Å². The highest BCUT2D eigenvalue weighted by molar-refractivity contribution is 5.70. The maximum absolute atomic E-state index is 14.2. The van der Waals surface area contributed by atoms with Gasteiger partial charge in [-0.1, -0.05) is 12.1 Å². The molecule has 1 saturated carbocycles. The summed E-state index contributed by atoms with van der Waals surface area (Å²) in [7, 11) is 1.66. The number of carbonyl (C=O) groups is 1. The summed E-state index contributed by atoms with van der Waals surface area (Å²) in [5, 5.41) is 8.81. The Morgan fingerprint density at radius 3 is 2.59 bits per heavy atom. The molecule has 32 heavy (non-hydrogen) atoms. The molecule has 7 nitrogen and oxygen atoms in total. The first-order valence-corrected chi connectivity index (χ1v) is 11.1. The highest BCUT2D eigenvalue weighted by atomic mass is 19.1. The molecule has 1 unspecified atom stereocenters. The predicted molar refractivity (Wildman–Crippen MR) is 117 cm³/mol. The van der Waals surface area contributed by atoms with Crippen molar-refractivity contribution < 1.29 is 23.8 Å². The molecular formula is C24H30FN3O4. The summed E-state index contributed by atoms with van der Waals surface area (Å²) >= 11 is 0. The van der Waals surface area contributed by atoms with E-state index >= 15 is 0 Å². The van der Waals surface area contributed by atoms with Gasteiger partial charge in [0.1, 0.15) is 5.82 Å². The molecule has 1 aliphatic heterocycles. The van der Waals surface area contributed by atoms with Crippen LogP contribution in [0.25, 0.3) is 0 Å². The molecule has 1 aromatic heterocycles. The largest absolute Gasteiger partial charge is 0.481 e. The third-order valence-corrected chi connectivity index (χ3v) is 6.47. The van der Waals surface area contributed by atoms with E-state index < -0.39 is 11.8 Å². The summed E-state index contributed by atoms with van der Waals surface area (Å²) in [6, 6.07) is 4.56. The normalized spacial score (nSPS) is 21.0. The fraction of sp³-hybridized carbons (Fsp3) is 0.542. The summed E-state index contributed by atoms with van der Waals surface area (Å²) in [4.78, 5) is 21.9. The fourth-order valence-corrected chi connectivity index (χ4v) is 4.63. The number of carboxylic acid groups (broad SMARTS) is 1. The van der Waals surface area contributed by atoms with Crippen LogP contribution in [0.5, 0.6) is 0 Å². The second kappa shape index (κ2) is 10.4. The molecule has 0 radical (unpaired) electrons. The molecule has 0 spiro atoms. The van der Waals surface area contributed by atoms with E-state index in [2.05, 4.69) is 14.9 Å². The number of aromatic nitrogens is 2. The minimum Gasteiger partial charge on any atom is -0.481 e. The molecule has 172 valence electrons. The number of carboxylic acids is 1. The lowest BCUT2D eigenvalue weighted by Crippen LogP contribution is -2.35. The van der Waals surface area contributed by atoms with E-state index in [-0.39, 0.29) is 13.0 Å². The molecule has 2 heterocycles. The third kappa shape index (κ3) is 5.81. The van der Waals surface area contributed by atoms with E-state index in [9.17, 15) is 9.18 Å². The van der Waals surface area contributed by atoms with E-state index in [1.54, 1.807) is 19.2 Å². The van der Waals surface area contributed by atoms with Crippen molar-refractivity contribution in [3.05, 3.63) is 53.1 Å². The van der Waals surface area contributed by atoms with Gasteiger partial charge in [-0.2, -0.15) is 0 Å². The van der Waals surface area contributed by atoms with Crippen LogP contribution in [0.1, 0.15) is 36.0 Å². The maximum Gasteiger partial charge on any atom is 0.307 e. The highest BCUT2D eigenvalue weighted by Gasteiger charge is 2.43. The number of hydrogen-bond acceptors (Lipinski definition) is 6. The Hall–Kier alpha value is -2.58. The van der Waals surface area contributed by atoms with E-state index in [1.165, 1.54) is 12.5 Å². The number of benzene rings is 1. The molecule has 0 bridgehead atoms. The predicted octanol–water partition coefficient (Wildman–Crippen LogP) is 3.46. The molecule has 0 amide bonds. The van der Waals surface area contributed by atoms with Crippen molar-refractivity contribution in [3.8, 4) is 0 Å². The van der Waals surface area contributed by atoms with Crippen LogP contribution >= 0.6 is 0 Å². The van der Waals surface area contributed by atoms with Gasteiger partial charge in [0.15, 0.2) is 0 Å². The summed E-state index contributed by atoms with van der Waals surface area (Å²) in [5.74, 6) is 1.35. The molecule has 8 heteroatoms. The number of hydrogen-bond donors (Lipinski definition) is 1. The van der Waals surface area contributed by atoms with Crippen molar-refractivity contribution in [3.63, 3.8) is 0 Å². The zero-order chi connectivity index (χ0) is 22.5. The first-order valence-electron chi connectivity index (χ1n) is 11.1. The Kier molecular flexibility index (Phi) is 7.32. The summed E-state index contributed by atoms with van der Waals surface area (Å²) in [6.07, 6.45) is 6.91. The standard InChI is InChI=1S/C24H30FN3O4/c1-31-13-17-11-26-24(27-12-17)28-6-4-18(5-7-28)21-10-20(21)15-32-14-19-3-2-16(8-22(19)25)9-23(29)30/h2-3,8,11-12,18,20-21H,4-7,9-10,13-15H2,1H3,(H,29,30)/t20?,21-/m1/s1. The van der Waals surface area contributed by atoms with Crippen molar-refractivity contribution in [1.29, 1.82) is 0 Å². The van der Waals surface area contributed by atoms with E-state index in [1.807, 2.05) is 12.4 Å². The SMILES string of the molecule is COCc1cnc(N2CCC([C@H]3CC3COCc3ccc(CC(=O)O)cc3F)CC2)nc1. The van der Waals surface area contributed by atoms with Crippen molar-refractivity contribution in [2.45, 2.75) is 38.9 Å². The zero-order valence-corrected chi connectivity index (χ0v) is 18.4. The van der Waals surface area contributed by atoms with Crippen LogP contribution in [0.15, 0.2) is 30.6 Å². The first-order chi connectivity index (χ1) is 15.5. The van der Waals surface area contributed by atoms with Gasteiger partial charge < -0.3 is 19.5 Å². The van der Waals surface area contributed by atoms with Gasteiger partial charge in [-0.25, -0.2) is 14.4 Å². The number of piperidine rings is 1. The Balaban J connectivity index is 1.17. The topological polar surface area (TPSA) is 84.8 Å². The van der Waals surface area contributed by atoms with Gasteiger partial charge in [-0.15, -0.1) is 0 Å². The molecule has 2 atom stereocenters. The third-order valence-electron chi connectivity index (χ3n) is 6.47. The van der Waals surface area contributed by atoms with Crippen LogP contribution in [0, 0.1) is 23.6 Å². The highest BCUT2D eigenvalue weighted by Crippen LogP contribution is 2.48. The summed E-state index contributed by atoms with van der Waals surface area (Å²) in [6.45, 7) is 3.32. The maximum atomic E-state index is 14.2. The average Bonchev–Trinajstić information content (AvgIpc) is 3.55. The lowest BCUT2D eigenvalue weighted by atomic mass is 9.91. The van der Waals surface area contributed by atoms with Crippen LogP contribution in [0.4, 0.5) is 10.3 Å². The first kappa shape index (κ1) is 22.6. The smallest absolute Gasteiger partial charge is 0.307 e. The number of anilines is 1. The number of ether oxygens (including phenoxy) is 2. The van der Waals surface area contributed by atoms with Gasteiger partial charge in [0.2, 0.25) is 5.95 Å². The molecular weight excluding hydrogens is 413 g/mol. The van der Waals surface area contributed by atoms with Crippen molar-refractivity contribution in [2.75, 3.05) is 31.7 Å². The monoisotopic (exact) mass is 443 g/mol. The van der Waals surface area contributed by atoms with Gasteiger partial charge in [-0.3, -0.25) is 4.79 Å². The van der Waals surface area contributed by atoms with Crippen LogP contribution < -0.4 is 4.90 Å². The van der Waals surface area contributed by atoms with E-state index in [0.717, 1.165) is 37.4 Å². The van der Waals surface area contributed by atoms with Gasteiger partial charge in [0.05, 0.1) is 26.2 Å². The zero-order valence-electron chi connectivity index (χ0n) is 18.4. The Morgan fingerprint density at radius 2 is 1.94 bits per heavy atom. The Morgan fingerprint density at radius 1 is 1.19 bits per heavy atom. The van der Waals surface area contributed by atoms with Crippen LogP contribution in [-0.2, 0) is 33.9 Å². The number of halogens is 1. The molecule has 2 aromatic rings. The molecule has 1 saturated heterocycles. The number of rotatable bonds is 10. The fourth-order valence-electron chi connectivity index (χ4n) is 4.63. The van der Waals surface area contributed by atoms with Crippen LogP contribution in [0.3, 0.4) is 0 Å². The number of aliphatic carboxylic acids is 1. The summed E-state index contributed by atoms with van der Waals surface area (Å²) < 4.78 is 25.0.